The standard InChI is InChI=1S/C16H30N2O/c1-13-5-7-14(8-6-13)9-12-18-15(19)16(17)10-3-2-4-11-16/h13-14H,2-12,17H2,1H3,(H,18,19). The highest BCUT2D eigenvalue weighted by molar-refractivity contribution is 5.86. The Balaban J connectivity index is 1.66. The highest BCUT2D eigenvalue weighted by atomic mass is 16.2. The molecule has 2 aliphatic carbocycles. The molecule has 0 aromatic carbocycles. The van der Waals surface area contributed by atoms with Crippen molar-refractivity contribution in [3.63, 3.8) is 0 Å². The fourth-order valence-corrected chi connectivity index (χ4v) is 3.59. The molecule has 110 valence electrons. The van der Waals surface area contributed by atoms with E-state index in [-0.39, 0.29) is 5.91 Å². The van der Waals surface area contributed by atoms with Gasteiger partial charge in [-0.25, -0.2) is 0 Å². The molecule has 2 rings (SSSR count). The first-order chi connectivity index (χ1) is 9.10. The van der Waals surface area contributed by atoms with E-state index in [1.807, 2.05) is 0 Å². The topological polar surface area (TPSA) is 55.1 Å². The third-order valence-electron chi connectivity index (χ3n) is 5.17. The minimum absolute atomic E-state index is 0.0939. The van der Waals surface area contributed by atoms with Crippen LogP contribution in [0.4, 0.5) is 0 Å². The van der Waals surface area contributed by atoms with E-state index in [2.05, 4.69) is 12.2 Å². The summed E-state index contributed by atoms with van der Waals surface area (Å²) < 4.78 is 0. The summed E-state index contributed by atoms with van der Waals surface area (Å²) in [5, 5.41) is 3.09. The predicted octanol–water partition coefficient (Wildman–Crippen LogP) is 2.98. The van der Waals surface area contributed by atoms with Crippen LogP contribution in [0.5, 0.6) is 0 Å². The van der Waals surface area contributed by atoms with Gasteiger partial charge in [-0.2, -0.15) is 0 Å². The average Bonchev–Trinajstić information content (AvgIpc) is 2.42. The fourth-order valence-electron chi connectivity index (χ4n) is 3.59. The zero-order valence-corrected chi connectivity index (χ0v) is 12.4. The van der Waals surface area contributed by atoms with Crippen molar-refractivity contribution < 1.29 is 4.79 Å². The summed E-state index contributed by atoms with van der Waals surface area (Å²) >= 11 is 0. The average molecular weight is 266 g/mol. The second kappa shape index (κ2) is 6.74. The van der Waals surface area contributed by atoms with Crippen LogP contribution < -0.4 is 11.1 Å². The van der Waals surface area contributed by atoms with Gasteiger partial charge in [0.05, 0.1) is 5.54 Å². The van der Waals surface area contributed by atoms with Crippen LogP contribution in [-0.4, -0.2) is 18.0 Å². The van der Waals surface area contributed by atoms with Gasteiger partial charge in [-0.15, -0.1) is 0 Å². The molecular formula is C16H30N2O. The van der Waals surface area contributed by atoms with E-state index in [0.717, 1.165) is 50.5 Å². The van der Waals surface area contributed by atoms with Crippen molar-refractivity contribution in [3.8, 4) is 0 Å². The molecular weight excluding hydrogens is 236 g/mol. The monoisotopic (exact) mass is 266 g/mol. The van der Waals surface area contributed by atoms with Crippen LogP contribution in [0.25, 0.3) is 0 Å². The second-order valence-corrected chi connectivity index (χ2v) is 6.89. The van der Waals surface area contributed by atoms with Crippen molar-refractivity contribution in [1.29, 1.82) is 0 Å². The number of nitrogens with one attached hydrogen (secondary N) is 1. The van der Waals surface area contributed by atoms with Gasteiger partial charge in [0, 0.05) is 6.54 Å². The molecule has 0 bridgehead atoms. The van der Waals surface area contributed by atoms with Gasteiger partial charge < -0.3 is 11.1 Å². The molecule has 2 aliphatic rings. The van der Waals surface area contributed by atoms with Crippen LogP contribution in [0.15, 0.2) is 0 Å². The third-order valence-corrected chi connectivity index (χ3v) is 5.17. The van der Waals surface area contributed by atoms with Crippen LogP contribution >= 0.6 is 0 Å². The lowest BCUT2D eigenvalue weighted by atomic mass is 9.81. The van der Waals surface area contributed by atoms with E-state index in [9.17, 15) is 4.79 Å². The minimum atomic E-state index is -0.570. The van der Waals surface area contributed by atoms with E-state index in [1.165, 1.54) is 32.1 Å². The van der Waals surface area contributed by atoms with E-state index < -0.39 is 5.54 Å². The Morgan fingerprint density at radius 1 is 1.16 bits per heavy atom. The molecule has 3 N–H and O–H groups in total. The van der Waals surface area contributed by atoms with Crippen molar-refractivity contribution in [1.82, 2.24) is 5.32 Å². The maximum absolute atomic E-state index is 12.2. The molecule has 0 atom stereocenters. The largest absolute Gasteiger partial charge is 0.354 e. The number of rotatable bonds is 4. The van der Waals surface area contributed by atoms with Gasteiger partial charge in [-0.05, 0) is 31.1 Å². The normalized spacial score (nSPS) is 30.8. The lowest BCUT2D eigenvalue weighted by Gasteiger charge is -2.32. The van der Waals surface area contributed by atoms with Gasteiger partial charge in [0.15, 0.2) is 0 Å². The lowest BCUT2D eigenvalue weighted by Crippen LogP contribution is -2.55. The van der Waals surface area contributed by atoms with E-state index in [1.54, 1.807) is 0 Å². The second-order valence-electron chi connectivity index (χ2n) is 6.89. The first-order valence-electron chi connectivity index (χ1n) is 8.17. The van der Waals surface area contributed by atoms with Crippen LogP contribution in [0.1, 0.15) is 71.1 Å². The Morgan fingerprint density at radius 2 is 1.79 bits per heavy atom. The Hall–Kier alpha value is -0.570. The first kappa shape index (κ1) is 14.8. The number of carbonyl (C=O) groups excluding carboxylic acids is 1. The molecule has 0 aromatic heterocycles. The molecule has 2 saturated carbocycles. The number of amides is 1. The molecule has 0 spiro atoms. The highest BCUT2D eigenvalue weighted by Crippen LogP contribution is 2.30. The van der Waals surface area contributed by atoms with E-state index >= 15 is 0 Å². The lowest BCUT2D eigenvalue weighted by molar-refractivity contribution is -0.127. The summed E-state index contributed by atoms with van der Waals surface area (Å²) in [6, 6.07) is 0. The van der Waals surface area contributed by atoms with Crippen LogP contribution in [0.3, 0.4) is 0 Å². The van der Waals surface area contributed by atoms with E-state index in [4.69, 9.17) is 5.73 Å². The molecule has 0 aliphatic heterocycles. The molecule has 0 saturated heterocycles. The molecule has 19 heavy (non-hydrogen) atoms. The molecule has 3 heteroatoms. The molecule has 1 amide bonds. The maximum Gasteiger partial charge on any atom is 0.240 e. The highest BCUT2D eigenvalue weighted by Gasteiger charge is 2.34. The molecule has 0 heterocycles. The summed E-state index contributed by atoms with van der Waals surface area (Å²) in [7, 11) is 0. The maximum atomic E-state index is 12.2. The summed E-state index contributed by atoms with van der Waals surface area (Å²) in [5.74, 6) is 1.81. The summed E-state index contributed by atoms with van der Waals surface area (Å²) in [5.41, 5.74) is 5.66. The SMILES string of the molecule is CC1CCC(CCNC(=O)C2(N)CCCCC2)CC1. The smallest absolute Gasteiger partial charge is 0.240 e. The van der Waals surface area contributed by atoms with Crippen molar-refractivity contribution in [3.05, 3.63) is 0 Å². The fraction of sp³-hybridized carbons (Fsp3) is 0.938. The van der Waals surface area contributed by atoms with Crippen LogP contribution in [0.2, 0.25) is 0 Å². The summed E-state index contributed by atoms with van der Waals surface area (Å²) in [6.07, 6.45) is 11.7. The number of carbonyl (C=O) groups is 1. The minimum Gasteiger partial charge on any atom is -0.354 e. The van der Waals surface area contributed by atoms with Crippen molar-refractivity contribution in [2.75, 3.05) is 6.54 Å². The number of nitrogens with two attached hydrogens (primary N) is 1. The van der Waals surface area contributed by atoms with Gasteiger partial charge >= 0.3 is 0 Å². The van der Waals surface area contributed by atoms with Gasteiger partial charge in [0.25, 0.3) is 0 Å². The molecule has 2 fully saturated rings. The Kier molecular flexibility index (Phi) is 5.26. The zero-order chi connectivity index (χ0) is 13.7. The number of hydrogen-bond acceptors (Lipinski definition) is 2. The Morgan fingerprint density at radius 3 is 2.42 bits per heavy atom. The van der Waals surface area contributed by atoms with Crippen molar-refractivity contribution >= 4 is 5.91 Å². The Labute approximate surface area is 117 Å². The van der Waals surface area contributed by atoms with Crippen LogP contribution in [-0.2, 0) is 4.79 Å². The van der Waals surface area contributed by atoms with E-state index in [0.29, 0.717) is 0 Å². The van der Waals surface area contributed by atoms with Crippen molar-refractivity contribution in [2.45, 2.75) is 76.7 Å². The summed E-state index contributed by atoms with van der Waals surface area (Å²) in [4.78, 5) is 12.2. The first-order valence-corrected chi connectivity index (χ1v) is 8.17. The number of hydrogen-bond donors (Lipinski definition) is 2. The molecule has 0 unspecified atom stereocenters. The zero-order valence-electron chi connectivity index (χ0n) is 12.4. The van der Waals surface area contributed by atoms with Gasteiger partial charge in [-0.1, -0.05) is 51.9 Å². The molecule has 0 aromatic rings. The van der Waals surface area contributed by atoms with Gasteiger partial charge in [0.1, 0.15) is 0 Å². The third kappa shape index (κ3) is 4.20. The predicted molar refractivity (Wildman–Crippen MR) is 78.8 cm³/mol. The molecule has 0 radical (unpaired) electrons. The Bertz CT molecular complexity index is 289. The van der Waals surface area contributed by atoms with Crippen LogP contribution in [0, 0.1) is 11.8 Å². The quantitative estimate of drug-likeness (QED) is 0.822. The van der Waals surface area contributed by atoms with Crippen molar-refractivity contribution in [2.24, 2.45) is 17.6 Å². The van der Waals surface area contributed by atoms with Gasteiger partial charge in [-0.3, -0.25) is 4.79 Å². The van der Waals surface area contributed by atoms with Gasteiger partial charge in [0.2, 0.25) is 5.91 Å². The summed E-state index contributed by atoms with van der Waals surface area (Å²) in [6.45, 7) is 3.16. The molecule has 3 nitrogen and oxygen atoms in total.